The average molecular weight is 1090 g/mol. The first-order valence-corrected chi connectivity index (χ1v) is 27.7. The third-order valence-corrected chi connectivity index (χ3v) is 15.4. The van der Waals surface area contributed by atoms with Gasteiger partial charge in [-0.15, -0.1) is 0 Å². The zero-order valence-electron chi connectivity index (χ0n) is 58.1. The second-order valence-corrected chi connectivity index (χ2v) is 20.3. The van der Waals surface area contributed by atoms with Crippen LogP contribution >= 0.6 is 0 Å². The van der Waals surface area contributed by atoms with Crippen molar-refractivity contribution in [3.05, 3.63) is 339 Å². The summed E-state index contributed by atoms with van der Waals surface area (Å²) < 4.78 is 121. The predicted molar refractivity (Wildman–Crippen MR) is 357 cm³/mol. The smallest absolute Gasteiger partial charge is 0.0651 e. The maximum atomic E-state index is 9.68. The van der Waals surface area contributed by atoms with Crippen LogP contribution in [-0.2, 0) is 0 Å². The molecule has 0 aliphatic heterocycles. The van der Waals surface area contributed by atoms with Gasteiger partial charge in [0.1, 0.15) is 0 Å². The molecule has 0 unspecified atom stereocenters. The van der Waals surface area contributed by atoms with Crippen molar-refractivity contribution in [3.8, 4) is 33.6 Å². The molecule has 0 atom stereocenters. The summed E-state index contributed by atoms with van der Waals surface area (Å²) in [4.78, 5) is 3.22. The molecule has 0 N–H and O–H groups in total. The number of fused-ring (bicyclic) bond motifs is 8. The van der Waals surface area contributed by atoms with Gasteiger partial charge in [-0.1, -0.05) is 218 Å². The minimum absolute atomic E-state index is 0.0361. The van der Waals surface area contributed by atoms with Crippen molar-refractivity contribution in [3.63, 3.8) is 0 Å². The highest BCUT2D eigenvalue weighted by atomic mass is 15.1. The van der Waals surface area contributed by atoms with Gasteiger partial charge in [-0.3, -0.25) is 0 Å². The lowest BCUT2D eigenvalue weighted by molar-refractivity contribution is 1.18. The molecule has 4 heteroatoms. The summed E-state index contributed by atoms with van der Waals surface area (Å²) in [6.45, 7) is 0. The van der Waals surface area contributed by atoms with Crippen LogP contribution in [0.3, 0.4) is 0 Å². The van der Waals surface area contributed by atoms with E-state index in [1.54, 1.807) is 18.2 Å². The maximum absolute atomic E-state index is 9.68. The maximum Gasteiger partial charge on any atom is 0.0651 e. The second-order valence-electron chi connectivity index (χ2n) is 20.3. The fourth-order valence-electron chi connectivity index (χ4n) is 11.6. The molecule has 0 aliphatic rings. The number of anilines is 6. The molecule has 0 saturated carbocycles. The first kappa shape index (κ1) is 37.7. The van der Waals surface area contributed by atoms with Crippen molar-refractivity contribution >= 4 is 99.3 Å². The summed E-state index contributed by atoms with van der Waals surface area (Å²) in [5.74, 6) is 0. The quantitative estimate of drug-likeness (QED) is 0.136. The van der Waals surface area contributed by atoms with Gasteiger partial charge in [-0.05, 0) is 154 Å². The summed E-state index contributed by atoms with van der Waals surface area (Å²) in [5.41, 5.74) is 9.29. The van der Waals surface area contributed by atoms with Crippen molar-refractivity contribution in [1.29, 1.82) is 0 Å². The van der Waals surface area contributed by atoms with Crippen LogP contribution in [-0.4, -0.2) is 9.13 Å². The van der Waals surface area contributed by atoms with Gasteiger partial charge in [0.25, 0.3) is 0 Å². The molecule has 16 aromatic rings. The molecule has 16 rings (SSSR count). The Kier molecular flexibility index (Phi) is 9.73. The molecule has 0 radical (unpaired) electrons. The van der Waals surface area contributed by atoms with Gasteiger partial charge in [0, 0.05) is 66.4 Å². The van der Waals surface area contributed by atoms with Gasteiger partial charge in [-0.2, -0.15) is 0 Å². The predicted octanol–water partition coefficient (Wildman–Crippen LogP) is 22.1. The summed E-state index contributed by atoms with van der Waals surface area (Å²) >= 11 is 0. The van der Waals surface area contributed by atoms with E-state index in [0.29, 0.717) is 27.8 Å². The van der Waals surface area contributed by atoms with E-state index in [0.717, 1.165) is 82.5 Å². The summed E-state index contributed by atoms with van der Waals surface area (Å²) in [7, 11) is 0. The Morgan fingerprint density at radius 2 is 0.631 bits per heavy atom. The zero-order chi connectivity index (χ0) is 67.1. The SMILES string of the molecule is [2H]c1c([2H])c(-c2ccc3c(c2)c2ccccc2n3-c2ccccc2)c([2H])c(N(c2ccccc2)c2cccc3ccccc23)c1[2H].[2H]c1c([2H])c([2H])c(N(c2c([2H])c([2H])c([2H])c(-c3ccc4c(c3)c3ccccc3n4-c3ccccc3)c2[2H])c2cccc3ccccc23)c([2H])c1[2H]. The lowest BCUT2D eigenvalue weighted by atomic mass is 10.0. The summed E-state index contributed by atoms with van der Waals surface area (Å²) in [5, 5.41) is 7.30. The fourth-order valence-corrected chi connectivity index (χ4v) is 11.6. The molecule has 2 heterocycles. The third-order valence-electron chi connectivity index (χ3n) is 15.4. The van der Waals surface area contributed by atoms with Gasteiger partial charge in [0.15, 0.2) is 0 Å². The van der Waals surface area contributed by atoms with E-state index in [4.69, 9.17) is 13.7 Å². The van der Waals surface area contributed by atoms with E-state index in [1.165, 1.54) is 4.90 Å². The normalized spacial score (nSPS) is 13.5. The molecule has 0 fully saturated rings. The number of hydrogen-bond acceptors (Lipinski definition) is 2. The molecule has 2 aromatic heterocycles. The summed E-state index contributed by atoms with van der Waals surface area (Å²) in [6.07, 6.45) is 0. The van der Waals surface area contributed by atoms with Gasteiger partial charge >= 0.3 is 0 Å². The van der Waals surface area contributed by atoms with Crippen molar-refractivity contribution in [1.82, 2.24) is 9.13 Å². The van der Waals surface area contributed by atoms with Crippen molar-refractivity contribution in [2.75, 3.05) is 9.80 Å². The topological polar surface area (TPSA) is 16.3 Å². The highest BCUT2D eigenvalue weighted by Gasteiger charge is 2.20. The van der Waals surface area contributed by atoms with Gasteiger partial charge in [-0.25, -0.2) is 0 Å². The van der Waals surface area contributed by atoms with E-state index in [2.05, 4.69) is 33.4 Å². The molecule has 4 nitrogen and oxygen atoms in total. The van der Waals surface area contributed by atoms with Gasteiger partial charge in [0.2, 0.25) is 0 Å². The van der Waals surface area contributed by atoms with Gasteiger partial charge < -0.3 is 18.9 Å². The molecule has 0 aliphatic carbocycles. The van der Waals surface area contributed by atoms with Crippen LogP contribution in [0.15, 0.2) is 339 Å². The molecule has 0 amide bonds. The molecule has 84 heavy (non-hydrogen) atoms. The minimum atomic E-state index is -0.574. The third kappa shape index (κ3) is 9.09. The lowest BCUT2D eigenvalue weighted by Crippen LogP contribution is -2.10. The van der Waals surface area contributed by atoms with E-state index in [-0.39, 0.29) is 58.9 Å². The van der Waals surface area contributed by atoms with E-state index >= 15 is 0 Å². The number of para-hydroxylation sites is 6. The van der Waals surface area contributed by atoms with E-state index in [9.17, 15) is 4.11 Å². The average Bonchev–Trinajstić information content (AvgIpc) is 1.70. The molecule has 0 spiro atoms. The Morgan fingerprint density at radius 1 is 0.250 bits per heavy atom. The van der Waals surface area contributed by atoms with Gasteiger partial charge in [0.05, 0.1) is 51.3 Å². The van der Waals surface area contributed by atoms with Crippen LogP contribution in [0.1, 0.15) is 17.8 Å². The van der Waals surface area contributed by atoms with Crippen LogP contribution in [0.2, 0.25) is 0 Å². The molecular weight excluding hydrogens is 1020 g/mol. The number of rotatable bonds is 10. The Hall–Kier alpha value is -11.2. The van der Waals surface area contributed by atoms with E-state index < -0.39 is 42.3 Å². The number of benzene rings is 14. The Balaban J connectivity index is 0.000000160. The summed E-state index contributed by atoms with van der Waals surface area (Å²) in [6, 6.07) is 79.6. The van der Waals surface area contributed by atoms with Crippen molar-refractivity contribution in [2.24, 2.45) is 0 Å². The standard InChI is InChI=1S/2C40H28N2/c2*1-3-16-32(17-4-1)41(38-24-12-14-29-13-7-8-21-35(29)38)34-20-11-15-30(27-34)31-25-26-40-37(28-31)36-22-9-10-23-39(36)42(40)33-18-5-2-6-19-33/h2*1-28H/i1D,3D,4D,11D,15D,16D,17D,20D,27D;11D,15D,20D,27D. The first-order valence-electron chi connectivity index (χ1n) is 34.2. The van der Waals surface area contributed by atoms with Crippen molar-refractivity contribution < 1.29 is 17.8 Å². The van der Waals surface area contributed by atoms with Crippen LogP contribution in [0.4, 0.5) is 34.1 Å². The molecule has 0 bridgehead atoms. The highest BCUT2D eigenvalue weighted by Crippen LogP contribution is 2.44. The fraction of sp³-hybridized carbons (Fsp3) is 0. The van der Waals surface area contributed by atoms with Crippen molar-refractivity contribution in [2.45, 2.75) is 0 Å². The largest absolute Gasteiger partial charge is 0.310 e. The van der Waals surface area contributed by atoms with Crippen LogP contribution < -0.4 is 9.80 Å². The lowest BCUT2D eigenvalue weighted by Gasteiger charge is -2.27. The molecule has 396 valence electrons. The van der Waals surface area contributed by atoms with Crippen LogP contribution in [0, 0.1) is 0 Å². The van der Waals surface area contributed by atoms with E-state index in [1.807, 2.05) is 223 Å². The highest BCUT2D eigenvalue weighted by molar-refractivity contribution is 6.12. The van der Waals surface area contributed by atoms with Crippen LogP contribution in [0.5, 0.6) is 0 Å². The Labute approximate surface area is 507 Å². The monoisotopic (exact) mass is 1090 g/mol. The molecule has 0 saturated heterocycles. The zero-order valence-corrected chi connectivity index (χ0v) is 45.1. The van der Waals surface area contributed by atoms with Crippen LogP contribution in [0.25, 0.3) is 98.8 Å². The number of hydrogen-bond donors (Lipinski definition) is 0. The second kappa shape index (κ2) is 21.7. The Bertz CT molecular complexity index is 5800. The minimum Gasteiger partial charge on any atom is -0.310 e. The Morgan fingerprint density at radius 3 is 1.12 bits per heavy atom. The number of aromatic nitrogens is 2. The molecular formula is C80H56N4. The number of nitrogens with zero attached hydrogens (tertiary/aromatic N) is 4. The first-order chi connectivity index (χ1) is 47.1. The molecule has 14 aromatic carbocycles.